The number of anilines is 2. The lowest BCUT2D eigenvalue weighted by atomic mass is 10.0. The molecule has 0 fully saturated rings. The maximum atomic E-state index is 12.6. The van der Waals surface area contributed by atoms with Crippen LogP contribution in [0.5, 0.6) is 0 Å². The minimum atomic E-state index is -0.933. The van der Waals surface area contributed by atoms with Gasteiger partial charge in [0.05, 0.1) is 5.56 Å². The van der Waals surface area contributed by atoms with Crippen molar-refractivity contribution in [3.05, 3.63) is 83.4 Å². The molecule has 0 unspecified atom stereocenters. The van der Waals surface area contributed by atoms with Crippen LogP contribution in [0.2, 0.25) is 0 Å². The number of aromatic nitrogens is 1. The number of H-pyrrole nitrogens is 1. The zero-order valence-electron chi connectivity index (χ0n) is 17.6. The number of benzene rings is 3. The Balaban J connectivity index is 1.57. The highest BCUT2D eigenvalue weighted by Crippen LogP contribution is 2.28. The molecule has 1 amide bonds. The number of amides is 1. The van der Waals surface area contributed by atoms with Gasteiger partial charge in [0.2, 0.25) is 0 Å². The van der Waals surface area contributed by atoms with Crippen molar-refractivity contribution in [1.29, 1.82) is 0 Å². The van der Waals surface area contributed by atoms with Crippen LogP contribution in [0, 0.1) is 6.92 Å². The Kier molecular flexibility index (Phi) is 5.21. The highest BCUT2D eigenvalue weighted by molar-refractivity contribution is 6.05. The third-order valence-electron chi connectivity index (χ3n) is 5.29. The number of hydrogen-bond acceptors (Lipinski definition) is 3. The average Bonchev–Trinajstić information content (AvgIpc) is 3.17. The molecule has 1 aromatic heterocycles. The zero-order valence-corrected chi connectivity index (χ0v) is 17.6. The first-order chi connectivity index (χ1) is 14.8. The lowest BCUT2D eigenvalue weighted by molar-refractivity contribution is 0.0696. The molecular formula is C25H23N3O3. The van der Waals surface area contributed by atoms with Crippen molar-refractivity contribution in [2.24, 2.45) is 0 Å². The first-order valence-electron chi connectivity index (χ1n) is 9.87. The molecule has 3 aromatic carbocycles. The monoisotopic (exact) mass is 413 g/mol. The molecule has 0 bridgehead atoms. The van der Waals surface area contributed by atoms with E-state index in [1.807, 2.05) is 61.5 Å². The molecule has 4 aromatic rings. The SMILES string of the molecule is Cc1cc(-c2cc3ccc(NC(=O)c4ccc(N(C)C)cc4)cc3[nH]2)ccc1C(=O)O. The second-order valence-corrected chi connectivity index (χ2v) is 7.72. The molecule has 0 aliphatic rings. The van der Waals surface area contributed by atoms with E-state index in [2.05, 4.69) is 10.3 Å². The molecular weight excluding hydrogens is 390 g/mol. The molecule has 0 aliphatic carbocycles. The van der Waals surface area contributed by atoms with Crippen LogP contribution in [-0.4, -0.2) is 36.1 Å². The number of carbonyl (C=O) groups excluding carboxylic acids is 1. The van der Waals surface area contributed by atoms with E-state index in [0.29, 0.717) is 22.4 Å². The standard InChI is InChI=1S/C25H23N3O3/c1-15-12-17(7-11-21(15)25(30)31)22-13-18-4-8-19(14-23(18)27-22)26-24(29)16-5-9-20(10-6-16)28(2)3/h4-14,27H,1-3H3,(H,26,29)(H,30,31). The fraction of sp³-hybridized carbons (Fsp3) is 0.120. The van der Waals surface area contributed by atoms with Gasteiger partial charge in [-0.05, 0) is 72.6 Å². The summed E-state index contributed by atoms with van der Waals surface area (Å²) < 4.78 is 0. The number of aromatic amines is 1. The Labute approximate surface area is 180 Å². The molecule has 3 N–H and O–H groups in total. The van der Waals surface area contributed by atoms with Gasteiger partial charge in [-0.25, -0.2) is 4.79 Å². The fourth-order valence-electron chi connectivity index (χ4n) is 3.55. The van der Waals surface area contributed by atoms with Crippen LogP contribution >= 0.6 is 0 Å². The van der Waals surface area contributed by atoms with Gasteiger partial charge in [0.1, 0.15) is 0 Å². The number of fused-ring (bicyclic) bond motifs is 1. The van der Waals surface area contributed by atoms with Crippen molar-refractivity contribution >= 4 is 34.2 Å². The minimum Gasteiger partial charge on any atom is -0.478 e. The van der Waals surface area contributed by atoms with Crippen LogP contribution in [0.3, 0.4) is 0 Å². The van der Waals surface area contributed by atoms with E-state index in [9.17, 15) is 14.7 Å². The van der Waals surface area contributed by atoms with Crippen LogP contribution in [0.15, 0.2) is 66.7 Å². The van der Waals surface area contributed by atoms with Crippen molar-refractivity contribution in [3.63, 3.8) is 0 Å². The van der Waals surface area contributed by atoms with Crippen LogP contribution < -0.4 is 10.2 Å². The fourth-order valence-corrected chi connectivity index (χ4v) is 3.55. The number of nitrogens with one attached hydrogen (secondary N) is 2. The third-order valence-corrected chi connectivity index (χ3v) is 5.29. The van der Waals surface area contributed by atoms with Crippen molar-refractivity contribution in [2.45, 2.75) is 6.92 Å². The number of carboxylic acid groups (broad SMARTS) is 1. The molecule has 0 radical (unpaired) electrons. The van der Waals surface area contributed by atoms with E-state index >= 15 is 0 Å². The Morgan fingerprint density at radius 2 is 1.68 bits per heavy atom. The van der Waals surface area contributed by atoms with E-state index < -0.39 is 5.97 Å². The van der Waals surface area contributed by atoms with Crippen molar-refractivity contribution in [1.82, 2.24) is 4.98 Å². The summed E-state index contributed by atoms with van der Waals surface area (Å²) in [6, 6.07) is 20.4. The lowest BCUT2D eigenvalue weighted by Gasteiger charge is -2.12. The summed E-state index contributed by atoms with van der Waals surface area (Å²) in [5, 5.41) is 13.2. The summed E-state index contributed by atoms with van der Waals surface area (Å²) in [4.78, 5) is 29.2. The van der Waals surface area contributed by atoms with Gasteiger partial charge in [-0.2, -0.15) is 0 Å². The molecule has 0 saturated heterocycles. The number of carboxylic acids is 1. The van der Waals surface area contributed by atoms with E-state index in [0.717, 1.165) is 27.8 Å². The Bertz CT molecular complexity index is 1290. The Morgan fingerprint density at radius 3 is 2.32 bits per heavy atom. The van der Waals surface area contributed by atoms with Crippen molar-refractivity contribution < 1.29 is 14.7 Å². The van der Waals surface area contributed by atoms with Crippen molar-refractivity contribution in [3.8, 4) is 11.3 Å². The molecule has 0 atom stereocenters. The first kappa shape index (κ1) is 20.2. The summed E-state index contributed by atoms with van der Waals surface area (Å²) in [6.45, 7) is 1.79. The second kappa shape index (κ2) is 7.99. The van der Waals surface area contributed by atoms with E-state index in [1.54, 1.807) is 31.2 Å². The average molecular weight is 413 g/mol. The molecule has 1 heterocycles. The number of aryl methyl sites for hydroxylation is 1. The summed E-state index contributed by atoms with van der Waals surface area (Å²) >= 11 is 0. The Morgan fingerprint density at radius 1 is 0.935 bits per heavy atom. The molecule has 0 aliphatic heterocycles. The summed E-state index contributed by atoms with van der Waals surface area (Å²) in [5.41, 5.74) is 5.99. The molecule has 6 heteroatoms. The zero-order chi connectivity index (χ0) is 22.1. The Hall–Kier alpha value is -4.06. The predicted molar refractivity (Wildman–Crippen MR) is 124 cm³/mol. The molecule has 4 rings (SSSR count). The van der Waals surface area contributed by atoms with Gasteiger partial charge in [0, 0.05) is 47.6 Å². The molecule has 156 valence electrons. The van der Waals surface area contributed by atoms with Crippen LogP contribution in [0.1, 0.15) is 26.3 Å². The summed E-state index contributed by atoms with van der Waals surface area (Å²) in [6.07, 6.45) is 0. The maximum Gasteiger partial charge on any atom is 0.335 e. The number of carbonyl (C=O) groups is 2. The third kappa shape index (κ3) is 4.14. The number of rotatable bonds is 5. The smallest absolute Gasteiger partial charge is 0.335 e. The van der Waals surface area contributed by atoms with Gasteiger partial charge >= 0.3 is 5.97 Å². The lowest BCUT2D eigenvalue weighted by Crippen LogP contribution is -2.13. The molecule has 0 saturated carbocycles. The highest BCUT2D eigenvalue weighted by atomic mass is 16.4. The van der Waals surface area contributed by atoms with Gasteiger partial charge in [0.15, 0.2) is 0 Å². The van der Waals surface area contributed by atoms with Crippen LogP contribution in [-0.2, 0) is 0 Å². The minimum absolute atomic E-state index is 0.170. The number of aromatic carboxylic acids is 1. The van der Waals surface area contributed by atoms with Crippen LogP contribution in [0.4, 0.5) is 11.4 Å². The quantitative estimate of drug-likeness (QED) is 0.422. The van der Waals surface area contributed by atoms with E-state index in [4.69, 9.17) is 0 Å². The first-order valence-corrected chi connectivity index (χ1v) is 9.87. The van der Waals surface area contributed by atoms with Crippen molar-refractivity contribution in [2.75, 3.05) is 24.3 Å². The number of hydrogen-bond donors (Lipinski definition) is 3. The summed E-state index contributed by atoms with van der Waals surface area (Å²) in [7, 11) is 3.91. The molecule has 0 spiro atoms. The van der Waals surface area contributed by atoms with Gasteiger partial charge in [-0.3, -0.25) is 4.79 Å². The van der Waals surface area contributed by atoms with E-state index in [1.165, 1.54) is 0 Å². The largest absolute Gasteiger partial charge is 0.478 e. The van der Waals surface area contributed by atoms with Gasteiger partial charge in [-0.15, -0.1) is 0 Å². The van der Waals surface area contributed by atoms with E-state index in [-0.39, 0.29) is 5.91 Å². The number of nitrogens with zero attached hydrogens (tertiary/aromatic N) is 1. The van der Waals surface area contributed by atoms with Gasteiger partial charge in [0.25, 0.3) is 5.91 Å². The second-order valence-electron chi connectivity index (χ2n) is 7.72. The van der Waals surface area contributed by atoms with Crippen LogP contribution in [0.25, 0.3) is 22.2 Å². The van der Waals surface area contributed by atoms with Gasteiger partial charge in [-0.1, -0.05) is 12.1 Å². The summed E-state index contributed by atoms with van der Waals surface area (Å²) in [5.74, 6) is -1.10. The normalized spacial score (nSPS) is 10.8. The highest BCUT2D eigenvalue weighted by Gasteiger charge is 2.11. The maximum absolute atomic E-state index is 12.6. The molecule has 6 nitrogen and oxygen atoms in total. The van der Waals surface area contributed by atoms with Gasteiger partial charge < -0.3 is 20.3 Å². The molecule has 31 heavy (non-hydrogen) atoms. The predicted octanol–water partition coefficient (Wildman–Crippen LogP) is 5.16. The topological polar surface area (TPSA) is 85.4 Å².